The molecular weight excluding hydrogens is 256 g/mol. The van der Waals surface area contributed by atoms with Crippen molar-refractivity contribution < 1.29 is 14.3 Å². The monoisotopic (exact) mass is 276 g/mol. The van der Waals surface area contributed by atoms with E-state index in [2.05, 4.69) is 0 Å². The molecule has 0 N–H and O–H groups in total. The quantitative estimate of drug-likeness (QED) is 0.715. The molecule has 0 saturated heterocycles. The van der Waals surface area contributed by atoms with E-state index < -0.39 is 0 Å². The van der Waals surface area contributed by atoms with Crippen LogP contribution in [0.25, 0.3) is 0 Å². The summed E-state index contributed by atoms with van der Waals surface area (Å²) >= 11 is 0. The van der Waals surface area contributed by atoms with Crippen molar-refractivity contribution in [3.05, 3.63) is 23.8 Å². The van der Waals surface area contributed by atoms with Crippen LogP contribution in [0.5, 0.6) is 11.5 Å². The van der Waals surface area contributed by atoms with Crippen LogP contribution in [0.3, 0.4) is 0 Å². The Morgan fingerprint density at radius 3 is 2.55 bits per heavy atom. The van der Waals surface area contributed by atoms with E-state index in [1.807, 2.05) is 19.1 Å². The third kappa shape index (κ3) is 4.16. The second-order valence-corrected chi connectivity index (χ2v) is 4.34. The molecule has 1 aromatic rings. The van der Waals surface area contributed by atoms with Gasteiger partial charge in [0.05, 0.1) is 26.7 Å². The van der Waals surface area contributed by atoms with Gasteiger partial charge in [-0.1, -0.05) is 13.0 Å². The van der Waals surface area contributed by atoms with Crippen LogP contribution in [0, 0.1) is 11.3 Å². The molecule has 0 aliphatic rings. The van der Waals surface area contributed by atoms with E-state index in [0.717, 1.165) is 12.0 Å². The Bertz CT molecular complexity index is 494. The number of ether oxygens (including phenoxy) is 2. The number of amides is 1. The van der Waals surface area contributed by atoms with E-state index >= 15 is 0 Å². The Kier molecular flexibility index (Phi) is 6.38. The zero-order valence-electron chi connectivity index (χ0n) is 12.2. The van der Waals surface area contributed by atoms with Gasteiger partial charge in [-0.3, -0.25) is 4.79 Å². The van der Waals surface area contributed by atoms with E-state index in [0.29, 0.717) is 18.0 Å². The maximum atomic E-state index is 12.1. The van der Waals surface area contributed by atoms with Gasteiger partial charge in [0.1, 0.15) is 6.54 Å². The Morgan fingerprint density at radius 1 is 1.30 bits per heavy atom. The van der Waals surface area contributed by atoms with Crippen LogP contribution in [-0.4, -0.2) is 38.1 Å². The fraction of sp³-hybridized carbons (Fsp3) is 0.467. The van der Waals surface area contributed by atoms with Gasteiger partial charge < -0.3 is 14.4 Å². The van der Waals surface area contributed by atoms with Crippen molar-refractivity contribution in [2.75, 3.05) is 27.3 Å². The fourth-order valence-electron chi connectivity index (χ4n) is 1.92. The molecule has 0 fully saturated rings. The van der Waals surface area contributed by atoms with Gasteiger partial charge in [0.2, 0.25) is 5.91 Å². The summed E-state index contributed by atoms with van der Waals surface area (Å²) in [5.74, 6) is 1.17. The molecule has 108 valence electrons. The van der Waals surface area contributed by atoms with Crippen LogP contribution in [0.4, 0.5) is 0 Å². The average molecular weight is 276 g/mol. The van der Waals surface area contributed by atoms with Gasteiger partial charge in [-0.15, -0.1) is 0 Å². The molecule has 0 heterocycles. The summed E-state index contributed by atoms with van der Waals surface area (Å²) in [6.07, 6.45) is 1.08. The SMILES string of the molecule is CCCN(CC#N)C(=O)Cc1ccc(OC)c(OC)c1. The van der Waals surface area contributed by atoms with E-state index in [9.17, 15) is 4.79 Å². The molecule has 20 heavy (non-hydrogen) atoms. The molecule has 0 unspecified atom stereocenters. The predicted molar refractivity (Wildman–Crippen MR) is 75.7 cm³/mol. The molecule has 0 radical (unpaired) electrons. The highest BCUT2D eigenvalue weighted by Crippen LogP contribution is 2.27. The Labute approximate surface area is 119 Å². The van der Waals surface area contributed by atoms with Gasteiger partial charge in [-0.2, -0.15) is 5.26 Å². The van der Waals surface area contributed by atoms with E-state index in [1.165, 1.54) is 0 Å². The van der Waals surface area contributed by atoms with Crippen molar-refractivity contribution in [1.82, 2.24) is 4.90 Å². The first kappa shape index (κ1) is 15.8. The first-order valence-corrected chi connectivity index (χ1v) is 6.51. The maximum Gasteiger partial charge on any atom is 0.227 e. The minimum atomic E-state index is -0.0550. The Hall–Kier alpha value is -2.22. The highest BCUT2D eigenvalue weighted by molar-refractivity contribution is 5.79. The van der Waals surface area contributed by atoms with Gasteiger partial charge in [0.15, 0.2) is 11.5 Å². The van der Waals surface area contributed by atoms with Crippen molar-refractivity contribution in [2.24, 2.45) is 0 Å². The third-order valence-electron chi connectivity index (χ3n) is 2.91. The smallest absolute Gasteiger partial charge is 0.227 e. The number of nitrogens with zero attached hydrogens (tertiary/aromatic N) is 2. The first-order chi connectivity index (χ1) is 9.65. The maximum absolute atomic E-state index is 12.1. The number of carbonyl (C=O) groups is 1. The molecule has 1 aromatic carbocycles. The molecule has 0 aromatic heterocycles. The molecule has 0 aliphatic carbocycles. The lowest BCUT2D eigenvalue weighted by molar-refractivity contribution is -0.129. The summed E-state index contributed by atoms with van der Waals surface area (Å²) in [6.45, 7) is 2.70. The first-order valence-electron chi connectivity index (χ1n) is 6.51. The highest BCUT2D eigenvalue weighted by atomic mass is 16.5. The largest absolute Gasteiger partial charge is 0.493 e. The van der Waals surface area contributed by atoms with E-state index in [1.54, 1.807) is 31.3 Å². The zero-order chi connectivity index (χ0) is 15.0. The molecule has 0 spiro atoms. The molecule has 1 amide bonds. The van der Waals surface area contributed by atoms with Crippen LogP contribution in [0.2, 0.25) is 0 Å². The van der Waals surface area contributed by atoms with Gasteiger partial charge >= 0.3 is 0 Å². The lowest BCUT2D eigenvalue weighted by Crippen LogP contribution is -2.33. The molecule has 5 heteroatoms. The van der Waals surface area contributed by atoms with Crippen LogP contribution >= 0.6 is 0 Å². The van der Waals surface area contributed by atoms with E-state index in [-0.39, 0.29) is 18.9 Å². The second-order valence-electron chi connectivity index (χ2n) is 4.34. The molecule has 0 aliphatic heterocycles. The van der Waals surface area contributed by atoms with Gasteiger partial charge in [0.25, 0.3) is 0 Å². The van der Waals surface area contributed by atoms with Crippen molar-refractivity contribution in [1.29, 1.82) is 5.26 Å². The summed E-state index contributed by atoms with van der Waals surface area (Å²) in [4.78, 5) is 13.7. The van der Waals surface area contributed by atoms with Crippen LogP contribution < -0.4 is 9.47 Å². The Morgan fingerprint density at radius 2 is 2.00 bits per heavy atom. The summed E-state index contributed by atoms with van der Waals surface area (Å²) < 4.78 is 10.4. The number of rotatable bonds is 7. The minimum absolute atomic E-state index is 0.0550. The third-order valence-corrected chi connectivity index (χ3v) is 2.91. The minimum Gasteiger partial charge on any atom is -0.493 e. The summed E-state index contributed by atoms with van der Waals surface area (Å²) in [5, 5.41) is 8.75. The number of methoxy groups -OCH3 is 2. The lowest BCUT2D eigenvalue weighted by atomic mass is 10.1. The zero-order valence-corrected chi connectivity index (χ0v) is 12.2. The number of hydrogen-bond acceptors (Lipinski definition) is 4. The van der Waals surface area contributed by atoms with Gasteiger partial charge in [-0.05, 0) is 24.1 Å². The average Bonchev–Trinajstić information content (AvgIpc) is 2.46. The Balaban J connectivity index is 2.81. The van der Waals surface area contributed by atoms with Crippen molar-refractivity contribution in [3.8, 4) is 17.6 Å². The molecule has 0 bridgehead atoms. The summed E-state index contributed by atoms with van der Waals surface area (Å²) in [6, 6.07) is 7.41. The standard InChI is InChI=1S/C15H20N2O3/c1-4-8-17(9-7-16)15(18)11-12-5-6-13(19-2)14(10-12)20-3/h5-6,10H,4,8-9,11H2,1-3H3. The van der Waals surface area contributed by atoms with Crippen LogP contribution in [0.1, 0.15) is 18.9 Å². The molecular formula is C15H20N2O3. The number of carbonyl (C=O) groups excluding carboxylic acids is 1. The van der Waals surface area contributed by atoms with Crippen LogP contribution in [0.15, 0.2) is 18.2 Å². The molecule has 5 nitrogen and oxygen atoms in total. The molecule has 1 rings (SSSR count). The van der Waals surface area contributed by atoms with Crippen LogP contribution in [-0.2, 0) is 11.2 Å². The molecule has 0 atom stereocenters. The highest BCUT2D eigenvalue weighted by Gasteiger charge is 2.14. The lowest BCUT2D eigenvalue weighted by Gasteiger charge is -2.19. The van der Waals surface area contributed by atoms with E-state index in [4.69, 9.17) is 14.7 Å². The number of nitriles is 1. The van der Waals surface area contributed by atoms with Crippen molar-refractivity contribution in [3.63, 3.8) is 0 Å². The number of benzene rings is 1. The number of hydrogen-bond donors (Lipinski definition) is 0. The topological polar surface area (TPSA) is 62.6 Å². The predicted octanol–water partition coefficient (Wildman–Crippen LogP) is 2.01. The fourth-order valence-corrected chi connectivity index (χ4v) is 1.92. The summed E-state index contributed by atoms with van der Waals surface area (Å²) in [7, 11) is 3.13. The second kappa shape index (κ2) is 8.05. The van der Waals surface area contributed by atoms with Gasteiger partial charge in [0, 0.05) is 6.54 Å². The molecule has 0 saturated carbocycles. The normalized spacial score (nSPS) is 9.70. The van der Waals surface area contributed by atoms with Crippen molar-refractivity contribution in [2.45, 2.75) is 19.8 Å². The summed E-state index contributed by atoms with van der Waals surface area (Å²) in [5.41, 5.74) is 0.840. The van der Waals surface area contributed by atoms with Crippen molar-refractivity contribution >= 4 is 5.91 Å². The van der Waals surface area contributed by atoms with Gasteiger partial charge in [-0.25, -0.2) is 0 Å².